The van der Waals surface area contributed by atoms with Gasteiger partial charge < -0.3 is 19.6 Å². The number of anilines is 4. The first-order chi connectivity index (χ1) is 15.3. The number of aliphatic hydroxyl groups is 1. The van der Waals surface area contributed by atoms with E-state index in [9.17, 15) is 5.11 Å². The lowest BCUT2D eigenvalue weighted by Gasteiger charge is -2.24. The normalized spacial score (nSPS) is 10.6. The molecule has 4 nitrogen and oxygen atoms in total. The molecule has 0 aliphatic heterocycles. The summed E-state index contributed by atoms with van der Waals surface area (Å²) in [5, 5.41) is 9.85. The van der Waals surface area contributed by atoms with E-state index in [4.69, 9.17) is 4.74 Å². The van der Waals surface area contributed by atoms with Crippen LogP contribution in [0.5, 0.6) is 0 Å². The monoisotopic (exact) mass is 410 g/mol. The molecule has 0 amide bonds. The molecule has 0 aliphatic carbocycles. The first-order valence-corrected chi connectivity index (χ1v) is 10.3. The number of aliphatic hydroxyl groups excluding tert-OH is 1. The number of para-hydroxylation sites is 2. The number of ether oxygens (including phenoxy) is 1. The molecule has 1 N–H and O–H groups in total. The van der Waals surface area contributed by atoms with Crippen molar-refractivity contribution in [2.75, 3.05) is 30.4 Å². The molecule has 4 rings (SSSR count). The van der Waals surface area contributed by atoms with Crippen molar-refractivity contribution in [3.63, 3.8) is 0 Å². The summed E-state index contributed by atoms with van der Waals surface area (Å²) >= 11 is 0. The molecular formula is C27H26N2O2. The zero-order valence-electron chi connectivity index (χ0n) is 17.6. The first-order valence-electron chi connectivity index (χ1n) is 10.3. The smallest absolute Gasteiger partial charge is 0.123 e. The van der Waals surface area contributed by atoms with Gasteiger partial charge >= 0.3 is 0 Å². The number of rotatable bonds is 8. The van der Waals surface area contributed by atoms with E-state index in [2.05, 4.69) is 53.4 Å². The van der Waals surface area contributed by atoms with E-state index in [-0.39, 0.29) is 6.73 Å². The molecule has 0 aromatic heterocycles. The topological polar surface area (TPSA) is 35.9 Å². The summed E-state index contributed by atoms with van der Waals surface area (Å²) in [6.45, 7) is 0.404. The number of hydrogen-bond acceptors (Lipinski definition) is 4. The van der Waals surface area contributed by atoms with Gasteiger partial charge in [0.2, 0.25) is 0 Å². The summed E-state index contributed by atoms with van der Waals surface area (Å²) in [6.07, 6.45) is 0. The Balaban J connectivity index is 1.55. The molecule has 4 heteroatoms. The molecule has 0 unspecified atom stereocenters. The minimum Gasteiger partial charge on any atom is -0.376 e. The van der Waals surface area contributed by atoms with Crippen molar-refractivity contribution in [3.05, 3.63) is 109 Å². The average Bonchev–Trinajstić information content (AvgIpc) is 2.85. The highest BCUT2D eigenvalue weighted by atomic mass is 16.5. The Morgan fingerprint density at radius 3 is 1.35 bits per heavy atom. The molecule has 156 valence electrons. The van der Waals surface area contributed by atoms with E-state index < -0.39 is 0 Å². The lowest BCUT2D eigenvalue weighted by molar-refractivity contribution is 0.206. The Hall–Kier alpha value is -3.60. The van der Waals surface area contributed by atoms with Crippen LogP contribution < -0.4 is 9.80 Å². The van der Waals surface area contributed by atoms with Crippen molar-refractivity contribution in [3.8, 4) is 11.1 Å². The fraction of sp³-hybridized carbons (Fsp3) is 0.111. The van der Waals surface area contributed by atoms with Crippen molar-refractivity contribution in [1.29, 1.82) is 0 Å². The van der Waals surface area contributed by atoms with Gasteiger partial charge in [-0.05, 0) is 59.7 Å². The van der Waals surface area contributed by atoms with Crippen molar-refractivity contribution in [2.45, 2.75) is 0 Å². The van der Waals surface area contributed by atoms with Gasteiger partial charge in [0.1, 0.15) is 13.5 Å². The Bertz CT molecular complexity index is 1070. The number of methoxy groups -OCH3 is 1. The third kappa shape index (κ3) is 4.77. The lowest BCUT2D eigenvalue weighted by Crippen LogP contribution is -2.19. The van der Waals surface area contributed by atoms with Gasteiger partial charge in [0.25, 0.3) is 0 Å². The van der Waals surface area contributed by atoms with Crippen LogP contribution in [0.1, 0.15) is 0 Å². The summed E-state index contributed by atoms with van der Waals surface area (Å²) in [5.41, 5.74) is 6.33. The van der Waals surface area contributed by atoms with E-state index in [0.29, 0.717) is 6.73 Å². The molecular weight excluding hydrogens is 384 g/mol. The Labute approximate surface area is 183 Å². The molecule has 0 fully saturated rings. The van der Waals surface area contributed by atoms with E-state index in [0.717, 1.165) is 33.9 Å². The zero-order valence-corrected chi connectivity index (χ0v) is 17.6. The molecule has 31 heavy (non-hydrogen) atoms. The highest BCUT2D eigenvalue weighted by Gasteiger charge is 2.10. The molecule has 0 saturated carbocycles. The number of hydrogen-bond donors (Lipinski definition) is 1. The summed E-state index contributed by atoms with van der Waals surface area (Å²) < 4.78 is 5.41. The van der Waals surface area contributed by atoms with Crippen LogP contribution in [0.2, 0.25) is 0 Å². The Kier molecular flexibility index (Phi) is 6.62. The maximum Gasteiger partial charge on any atom is 0.123 e. The van der Waals surface area contributed by atoms with Gasteiger partial charge in [-0.1, -0.05) is 60.7 Å². The third-order valence-electron chi connectivity index (χ3n) is 5.23. The fourth-order valence-corrected chi connectivity index (χ4v) is 3.62. The highest BCUT2D eigenvalue weighted by molar-refractivity contribution is 5.72. The molecule has 0 atom stereocenters. The van der Waals surface area contributed by atoms with Crippen LogP contribution in [0.3, 0.4) is 0 Å². The predicted octanol–water partition coefficient (Wildman–Crippen LogP) is 6.18. The molecule has 0 spiro atoms. The van der Waals surface area contributed by atoms with Crippen molar-refractivity contribution >= 4 is 22.7 Å². The lowest BCUT2D eigenvalue weighted by atomic mass is 10.0. The molecule has 0 bridgehead atoms. The molecule has 0 aliphatic rings. The minimum atomic E-state index is -0.0765. The maximum absolute atomic E-state index is 9.85. The largest absolute Gasteiger partial charge is 0.376 e. The Morgan fingerprint density at radius 1 is 0.548 bits per heavy atom. The predicted molar refractivity (Wildman–Crippen MR) is 128 cm³/mol. The summed E-state index contributed by atoms with van der Waals surface area (Å²) in [6, 6.07) is 36.8. The Morgan fingerprint density at radius 2 is 0.935 bits per heavy atom. The van der Waals surface area contributed by atoms with Crippen LogP contribution in [-0.4, -0.2) is 25.7 Å². The van der Waals surface area contributed by atoms with Crippen LogP contribution >= 0.6 is 0 Å². The molecule has 0 saturated heterocycles. The van der Waals surface area contributed by atoms with E-state index >= 15 is 0 Å². The highest BCUT2D eigenvalue weighted by Crippen LogP contribution is 2.30. The average molecular weight is 411 g/mol. The van der Waals surface area contributed by atoms with Crippen LogP contribution in [0.25, 0.3) is 11.1 Å². The van der Waals surface area contributed by atoms with Crippen LogP contribution in [0, 0.1) is 0 Å². The van der Waals surface area contributed by atoms with Crippen LogP contribution in [-0.2, 0) is 4.74 Å². The number of benzene rings is 4. The van der Waals surface area contributed by atoms with Gasteiger partial charge in [0.05, 0.1) is 0 Å². The van der Waals surface area contributed by atoms with Crippen molar-refractivity contribution < 1.29 is 9.84 Å². The van der Waals surface area contributed by atoms with E-state index in [1.165, 1.54) is 0 Å². The second kappa shape index (κ2) is 9.94. The van der Waals surface area contributed by atoms with Gasteiger partial charge in [-0.3, -0.25) is 0 Å². The van der Waals surface area contributed by atoms with Gasteiger partial charge in [-0.15, -0.1) is 0 Å². The molecule has 4 aromatic rings. The van der Waals surface area contributed by atoms with Crippen LogP contribution in [0.4, 0.5) is 22.7 Å². The molecule has 0 heterocycles. The second-order valence-electron chi connectivity index (χ2n) is 7.18. The van der Waals surface area contributed by atoms with Crippen molar-refractivity contribution in [2.24, 2.45) is 0 Å². The molecule has 0 radical (unpaired) electrons. The van der Waals surface area contributed by atoms with Gasteiger partial charge in [-0.25, -0.2) is 0 Å². The van der Waals surface area contributed by atoms with Gasteiger partial charge in [-0.2, -0.15) is 0 Å². The van der Waals surface area contributed by atoms with E-state index in [1.807, 2.05) is 65.6 Å². The van der Waals surface area contributed by atoms with E-state index in [1.54, 1.807) is 7.11 Å². The number of nitrogens with zero attached hydrogens (tertiary/aromatic N) is 2. The standard InChI is InChI=1S/C27H26N2O2/c1-31-21-29(25-10-6-3-7-11-25)27-18-14-23(15-19-27)22-12-16-26(17-13-22)28(20-30)24-8-4-2-5-9-24/h2-19,30H,20-21H2,1H3. The third-order valence-corrected chi connectivity index (χ3v) is 5.23. The quantitative estimate of drug-likeness (QED) is 0.352. The van der Waals surface area contributed by atoms with Gasteiger partial charge in [0, 0.05) is 29.9 Å². The van der Waals surface area contributed by atoms with Crippen molar-refractivity contribution in [1.82, 2.24) is 0 Å². The van der Waals surface area contributed by atoms with Crippen LogP contribution in [0.15, 0.2) is 109 Å². The zero-order chi connectivity index (χ0) is 21.5. The maximum atomic E-state index is 9.85. The second-order valence-corrected chi connectivity index (χ2v) is 7.18. The first kappa shape index (κ1) is 20.7. The summed E-state index contributed by atoms with van der Waals surface area (Å²) in [4.78, 5) is 4.00. The fourth-order valence-electron chi connectivity index (χ4n) is 3.62. The molecule has 4 aromatic carbocycles. The van der Waals surface area contributed by atoms with Gasteiger partial charge in [0.15, 0.2) is 0 Å². The summed E-state index contributed by atoms with van der Waals surface area (Å²) in [7, 11) is 1.71. The SMILES string of the molecule is COCN(c1ccccc1)c1ccc(-c2ccc(N(CO)c3ccccc3)cc2)cc1. The minimum absolute atomic E-state index is 0.0765. The summed E-state index contributed by atoms with van der Waals surface area (Å²) in [5.74, 6) is 0.